The SMILES string of the molecule is CC.Nc1ccccc1.[2H]C. The molecule has 0 amide bonds. The summed E-state index contributed by atoms with van der Waals surface area (Å²) in [5.41, 5.74) is 6.18. The van der Waals surface area contributed by atoms with E-state index in [9.17, 15) is 0 Å². The van der Waals surface area contributed by atoms with Crippen LogP contribution in [0.25, 0.3) is 0 Å². The van der Waals surface area contributed by atoms with Crippen LogP contribution in [0.4, 0.5) is 5.69 Å². The first-order valence-electron chi connectivity index (χ1n) is 4.20. The van der Waals surface area contributed by atoms with Crippen LogP contribution < -0.4 is 5.73 Å². The summed E-state index contributed by atoms with van der Waals surface area (Å²) in [6, 6.07) is 9.49. The Labute approximate surface area is 65.3 Å². The lowest BCUT2D eigenvalue weighted by molar-refractivity contribution is 1.50. The number of hydrogen-bond acceptors (Lipinski definition) is 1. The smallest absolute Gasteiger partial charge is 0.0313 e. The summed E-state index contributed by atoms with van der Waals surface area (Å²) in [5.74, 6) is 0. The molecule has 1 nitrogen and oxygen atoms in total. The van der Waals surface area contributed by atoms with E-state index in [1.807, 2.05) is 44.2 Å². The Morgan fingerprint density at radius 1 is 1.20 bits per heavy atom. The molecule has 1 aromatic carbocycles. The fourth-order valence-corrected chi connectivity index (χ4v) is 0.453. The molecule has 0 aromatic heterocycles. The molecule has 10 heavy (non-hydrogen) atoms. The van der Waals surface area contributed by atoms with Crippen molar-refractivity contribution < 1.29 is 1.37 Å². The number of rotatable bonds is 0. The van der Waals surface area contributed by atoms with Crippen LogP contribution in [-0.2, 0) is 0 Å². The quantitative estimate of drug-likeness (QED) is 0.551. The van der Waals surface area contributed by atoms with E-state index >= 15 is 0 Å². The van der Waals surface area contributed by atoms with E-state index in [-0.39, 0.29) is 0 Å². The Kier molecular flexibility index (Phi) is 7.23. The third kappa shape index (κ3) is 5.16. The van der Waals surface area contributed by atoms with Crippen molar-refractivity contribution in [2.24, 2.45) is 0 Å². The fraction of sp³-hybridized carbons (Fsp3) is 0.333. The van der Waals surface area contributed by atoms with Gasteiger partial charge in [0.25, 0.3) is 0 Å². The van der Waals surface area contributed by atoms with Gasteiger partial charge in [-0.15, -0.1) is 0 Å². The molecular weight excluding hydrogens is 122 g/mol. The molecule has 0 heterocycles. The van der Waals surface area contributed by atoms with Crippen LogP contribution in [0.15, 0.2) is 30.3 Å². The predicted octanol–water partition coefficient (Wildman–Crippen LogP) is 2.93. The molecule has 0 aliphatic carbocycles. The first-order valence-corrected chi connectivity index (χ1v) is 3.20. The van der Waals surface area contributed by atoms with Crippen LogP contribution in [0.3, 0.4) is 0 Å². The van der Waals surface area contributed by atoms with Gasteiger partial charge in [-0.3, -0.25) is 0 Å². The van der Waals surface area contributed by atoms with Crippen LogP contribution in [0, 0.1) is 0 Å². The standard InChI is InChI=1S/C6H7N.C2H6.CH4/c7-6-4-2-1-3-5-6;1-2;/h1-5H,7H2;1-2H3;1H4/i;;1D. The minimum Gasteiger partial charge on any atom is -0.399 e. The van der Waals surface area contributed by atoms with E-state index in [0.29, 0.717) is 0 Å². The molecule has 0 saturated carbocycles. The Morgan fingerprint density at radius 3 is 1.80 bits per heavy atom. The summed E-state index contributed by atoms with van der Waals surface area (Å²) >= 11 is 0. The second-order valence-electron chi connectivity index (χ2n) is 1.41. The average Bonchev–Trinajstić information content (AvgIpc) is 2.13. The third-order valence-electron chi connectivity index (χ3n) is 0.800. The Bertz CT molecular complexity index is 139. The number of nitrogen functional groups attached to an aromatic ring is 1. The van der Waals surface area contributed by atoms with Gasteiger partial charge in [-0.2, -0.15) is 0 Å². The second-order valence-corrected chi connectivity index (χ2v) is 1.41. The molecule has 0 radical (unpaired) electrons. The fourth-order valence-electron chi connectivity index (χ4n) is 0.453. The minimum atomic E-state index is 0.822. The molecule has 2 N–H and O–H groups in total. The number of nitrogens with two attached hydrogens (primary N) is 1. The second kappa shape index (κ2) is 8.02. The maximum atomic E-state index is 5.75. The molecule has 0 fully saturated rings. The van der Waals surface area contributed by atoms with Crippen molar-refractivity contribution in [1.82, 2.24) is 0 Å². The van der Waals surface area contributed by atoms with E-state index in [0.717, 1.165) is 5.69 Å². The molecular formula is C9H17N. The number of anilines is 1. The monoisotopic (exact) mass is 140 g/mol. The van der Waals surface area contributed by atoms with Gasteiger partial charge in [0, 0.05) is 7.06 Å². The highest BCUT2D eigenvalue weighted by atomic mass is 14.5. The molecule has 0 spiro atoms. The lowest BCUT2D eigenvalue weighted by atomic mass is 10.3. The van der Waals surface area contributed by atoms with Crippen LogP contribution in [0.5, 0.6) is 0 Å². The lowest BCUT2D eigenvalue weighted by Gasteiger charge is -1.83. The number of para-hydroxylation sites is 1. The summed E-state index contributed by atoms with van der Waals surface area (Å²) in [6.45, 7) is 4.00. The molecule has 1 heteroatoms. The van der Waals surface area contributed by atoms with Gasteiger partial charge in [-0.25, -0.2) is 0 Å². The van der Waals surface area contributed by atoms with Crippen molar-refractivity contribution in [2.45, 2.75) is 21.3 Å². The van der Waals surface area contributed by atoms with Gasteiger partial charge in [0.2, 0.25) is 0 Å². The van der Waals surface area contributed by atoms with Gasteiger partial charge in [0.1, 0.15) is 0 Å². The molecule has 58 valence electrons. The summed E-state index contributed by atoms with van der Waals surface area (Å²) < 4.78 is 5.75. The van der Waals surface area contributed by atoms with Gasteiger partial charge in [-0.1, -0.05) is 39.4 Å². The Balaban J connectivity index is 0. The normalized spacial score (nSPS) is 7.30. The van der Waals surface area contributed by atoms with Gasteiger partial charge in [0.15, 0.2) is 0 Å². The first-order chi connectivity index (χ1) is 5.39. The molecule has 1 rings (SSSR count). The van der Waals surface area contributed by atoms with Crippen molar-refractivity contribution in [3.63, 3.8) is 0 Å². The molecule has 0 atom stereocenters. The van der Waals surface area contributed by atoms with Crippen LogP contribution in [0.2, 0.25) is 0 Å². The Morgan fingerprint density at radius 2 is 1.60 bits per heavy atom. The molecule has 0 unspecified atom stereocenters. The highest BCUT2D eigenvalue weighted by molar-refractivity contribution is 5.35. The van der Waals surface area contributed by atoms with Gasteiger partial charge in [0.05, 0.1) is 0 Å². The van der Waals surface area contributed by atoms with Crippen molar-refractivity contribution >= 4 is 5.69 Å². The van der Waals surface area contributed by atoms with Crippen LogP contribution >= 0.6 is 0 Å². The minimum absolute atomic E-state index is 0.822. The van der Waals surface area contributed by atoms with Gasteiger partial charge >= 0.3 is 0 Å². The molecule has 1 aromatic rings. The average molecular weight is 140 g/mol. The van der Waals surface area contributed by atoms with Crippen molar-refractivity contribution in [3.05, 3.63) is 30.3 Å². The van der Waals surface area contributed by atoms with Crippen molar-refractivity contribution in [3.8, 4) is 0 Å². The molecule has 0 aliphatic rings. The van der Waals surface area contributed by atoms with E-state index in [4.69, 9.17) is 7.10 Å². The highest BCUT2D eigenvalue weighted by Crippen LogP contribution is 1.95. The number of benzene rings is 1. The number of hydrogen-bond donors (Lipinski definition) is 1. The largest absolute Gasteiger partial charge is 0.399 e. The highest BCUT2D eigenvalue weighted by Gasteiger charge is 1.72. The zero-order chi connectivity index (χ0) is 9.11. The molecule has 0 bridgehead atoms. The molecule has 0 aliphatic heterocycles. The zero-order valence-corrected chi connectivity index (χ0v) is 6.96. The van der Waals surface area contributed by atoms with Crippen molar-refractivity contribution in [1.29, 1.82) is 0 Å². The van der Waals surface area contributed by atoms with E-state index in [1.54, 1.807) is 0 Å². The van der Waals surface area contributed by atoms with E-state index in [1.165, 1.54) is 7.40 Å². The predicted molar refractivity (Wildman–Crippen MR) is 48.9 cm³/mol. The van der Waals surface area contributed by atoms with E-state index < -0.39 is 0 Å². The summed E-state index contributed by atoms with van der Waals surface area (Å²) in [7, 11) is 1.25. The lowest BCUT2D eigenvalue weighted by Crippen LogP contribution is -1.79. The maximum absolute atomic E-state index is 5.75. The summed E-state index contributed by atoms with van der Waals surface area (Å²) in [6.07, 6.45) is 0. The topological polar surface area (TPSA) is 26.0 Å². The summed E-state index contributed by atoms with van der Waals surface area (Å²) in [4.78, 5) is 0. The van der Waals surface area contributed by atoms with Crippen LogP contribution in [0.1, 0.15) is 22.6 Å². The molecule has 0 saturated heterocycles. The van der Waals surface area contributed by atoms with Crippen LogP contribution in [-0.4, -0.2) is 0 Å². The van der Waals surface area contributed by atoms with E-state index in [2.05, 4.69) is 0 Å². The third-order valence-corrected chi connectivity index (χ3v) is 0.800. The zero-order valence-electron chi connectivity index (χ0n) is 7.96. The maximum Gasteiger partial charge on any atom is 0.0313 e. The Hall–Kier alpha value is -0.980. The van der Waals surface area contributed by atoms with Gasteiger partial charge in [-0.05, 0) is 12.1 Å². The summed E-state index contributed by atoms with van der Waals surface area (Å²) in [5, 5.41) is 0. The first kappa shape index (κ1) is 9.02. The van der Waals surface area contributed by atoms with Gasteiger partial charge < -0.3 is 5.73 Å². The van der Waals surface area contributed by atoms with Crippen molar-refractivity contribution in [2.75, 3.05) is 5.73 Å².